The van der Waals surface area contributed by atoms with Crippen LogP contribution in [0.1, 0.15) is 6.92 Å². The number of phenolic OH excluding ortho intramolecular Hbond substituents is 3. The van der Waals surface area contributed by atoms with Crippen LogP contribution < -0.4 is 10.2 Å². The van der Waals surface area contributed by atoms with Crippen LogP contribution in [-0.2, 0) is 23.7 Å². The summed E-state index contributed by atoms with van der Waals surface area (Å²) < 4.78 is 33.2. The van der Waals surface area contributed by atoms with Crippen molar-refractivity contribution in [3.63, 3.8) is 0 Å². The highest BCUT2D eigenvalue weighted by atomic mass is 16.8. The fraction of sp³-hybridized carbons (Fsp3) is 0.448. The normalized spacial score (nSPS) is 31.5. The van der Waals surface area contributed by atoms with E-state index in [1.807, 2.05) is 0 Å². The predicted octanol–water partition coefficient (Wildman–Crippen LogP) is -1.85. The Bertz CT molecular complexity index is 1620. The zero-order valence-electron chi connectivity index (χ0n) is 23.9. The van der Waals surface area contributed by atoms with Gasteiger partial charge in [0.05, 0.1) is 6.61 Å². The van der Waals surface area contributed by atoms with E-state index in [2.05, 4.69) is 0 Å². The lowest BCUT2D eigenvalue weighted by Gasteiger charge is -2.45. The van der Waals surface area contributed by atoms with Crippen molar-refractivity contribution >= 4 is 16.9 Å². The van der Waals surface area contributed by atoms with Crippen molar-refractivity contribution in [2.45, 2.75) is 68.3 Å². The van der Waals surface area contributed by atoms with Gasteiger partial charge < -0.3 is 74.1 Å². The van der Waals surface area contributed by atoms with Crippen molar-refractivity contribution in [3.05, 3.63) is 46.6 Å². The predicted molar refractivity (Wildman–Crippen MR) is 149 cm³/mol. The maximum absolute atomic E-state index is 12.9. The van der Waals surface area contributed by atoms with Crippen LogP contribution in [0.15, 0.2) is 45.6 Å². The van der Waals surface area contributed by atoms with Gasteiger partial charge in [0.15, 0.2) is 29.3 Å². The molecule has 2 aliphatic heterocycles. The number of aliphatic hydroxyl groups is 6. The van der Waals surface area contributed by atoms with Crippen LogP contribution in [0.2, 0.25) is 0 Å². The molecule has 2 aliphatic rings. The van der Waals surface area contributed by atoms with Gasteiger partial charge >= 0.3 is 5.97 Å². The molecule has 0 spiro atoms. The van der Waals surface area contributed by atoms with Crippen molar-refractivity contribution in [2.24, 2.45) is 0 Å². The summed E-state index contributed by atoms with van der Waals surface area (Å²) in [5.74, 6) is -2.48. The number of fused-ring (bicyclic) bond motifs is 1. The number of ether oxygens (including phenoxy) is 5. The lowest BCUT2D eigenvalue weighted by Crippen LogP contribution is -2.65. The molecular formula is C29H32O17. The van der Waals surface area contributed by atoms with E-state index in [0.717, 1.165) is 25.1 Å². The summed E-state index contributed by atoms with van der Waals surface area (Å²) in [5, 5.41) is 92.3. The second-order valence-corrected chi connectivity index (χ2v) is 10.7. The molecule has 10 atom stereocenters. The summed E-state index contributed by atoms with van der Waals surface area (Å²) in [7, 11) is 0. The fourth-order valence-electron chi connectivity index (χ4n) is 5.08. The maximum Gasteiger partial charge on any atom is 0.302 e. The molecule has 0 radical (unpaired) electrons. The van der Waals surface area contributed by atoms with Gasteiger partial charge in [-0.2, -0.15) is 0 Å². The van der Waals surface area contributed by atoms with Crippen molar-refractivity contribution in [1.82, 2.24) is 0 Å². The Morgan fingerprint density at radius 1 is 0.804 bits per heavy atom. The lowest BCUT2D eigenvalue weighted by atomic mass is 9.97. The minimum Gasteiger partial charge on any atom is -0.507 e. The highest BCUT2D eigenvalue weighted by Gasteiger charge is 2.51. The van der Waals surface area contributed by atoms with Gasteiger partial charge in [-0.25, -0.2) is 0 Å². The SMILES string of the molecule is CC(=O)OC[C@H]1O[C@@H](O[C@H]2[C@H](Oc3cc(O)c4c(=O)cc(-c5ccc(O)c(O)c5)oc4c3)O[C@H](CO)[C@@H](O)[C@@H]2O)[C@H](O)[C@@H](O)[C@@H]1O. The van der Waals surface area contributed by atoms with Crippen molar-refractivity contribution in [2.75, 3.05) is 13.2 Å². The number of hydrogen-bond acceptors (Lipinski definition) is 17. The average molecular weight is 653 g/mol. The molecule has 0 amide bonds. The Hall–Kier alpha value is -4.04. The monoisotopic (exact) mass is 652 g/mol. The molecule has 2 saturated heterocycles. The summed E-state index contributed by atoms with van der Waals surface area (Å²) in [6.07, 6.45) is -17.2. The quantitative estimate of drug-likeness (QED) is 0.0954. The van der Waals surface area contributed by atoms with E-state index in [-0.39, 0.29) is 28.0 Å². The van der Waals surface area contributed by atoms with Gasteiger partial charge in [0, 0.05) is 30.7 Å². The van der Waals surface area contributed by atoms with E-state index in [9.17, 15) is 55.5 Å². The first kappa shape index (κ1) is 33.3. The number of aliphatic hydroxyl groups excluding tert-OH is 6. The van der Waals surface area contributed by atoms with Gasteiger partial charge in [-0.05, 0) is 18.2 Å². The van der Waals surface area contributed by atoms with Gasteiger partial charge in [0.1, 0.15) is 77.6 Å². The van der Waals surface area contributed by atoms with Crippen molar-refractivity contribution < 1.29 is 78.9 Å². The molecule has 17 heteroatoms. The first-order valence-electron chi connectivity index (χ1n) is 13.9. The Morgan fingerprint density at radius 2 is 1.50 bits per heavy atom. The lowest BCUT2D eigenvalue weighted by molar-refractivity contribution is -0.358. The third-order valence-corrected chi connectivity index (χ3v) is 7.53. The highest BCUT2D eigenvalue weighted by Crippen LogP contribution is 2.36. The van der Waals surface area contributed by atoms with Gasteiger partial charge in [-0.1, -0.05) is 0 Å². The zero-order valence-corrected chi connectivity index (χ0v) is 23.9. The number of rotatable bonds is 8. The molecule has 5 rings (SSSR count). The third kappa shape index (κ3) is 6.59. The molecule has 1 aromatic heterocycles. The minimum atomic E-state index is -1.92. The largest absolute Gasteiger partial charge is 0.507 e. The van der Waals surface area contributed by atoms with Crippen molar-refractivity contribution in [3.8, 4) is 34.3 Å². The van der Waals surface area contributed by atoms with Crippen molar-refractivity contribution in [1.29, 1.82) is 0 Å². The number of hydrogen-bond donors (Lipinski definition) is 9. The van der Waals surface area contributed by atoms with Crippen LogP contribution in [0, 0.1) is 0 Å². The van der Waals surface area contributed by atoms with Crippen LogP contribution in [0.5, 0.6) is 23.0 Å². The number of carbonyl (C=O) groups is 1. The molecule has 0 aliphatic carbocycles. The molecule has 250 valence electrons. The molecule has 2 fully saturated rings. The van der Waals surface area contributed by atoms with Gasteiger partial charge in [-0.3, -0.25) is 9.59 Å². The van der Waals surface area contributed by atoms with Gasteiger partial charge in [0.2, 0.25) is 6.29 Å². The summed E-state index contributed by atoms with van der Waals surface area (Å²) in [4.78, 5) is 24.1. The number of esters is 1. The highest BCUT2D eigenvalue weighted by molar-refractivity contribution is 5.86. The summed E-state index contributed by atoms with van der Waals surface area (Å²) >= 11 is 0. The minimum absolute atomic E-state index is 0.0501. The first-order valence-corrected chi connectivity index (χ1v) is 13.9. The van der Waals surface area contributed by atoms with Gasteiger partial charge in [0.25, 0.3) is 0 Å². The van der Waals surface area contributed by atoms with E-state index in [1.54, 1.807) is 0 Å². The van der Waals surface area contributed by atoms with E-state index in [0.29, 0.717) is 0 Å². The van der Waals surface area contributed by atoms with E-state index >= 15 is 0 Å². The molecule has 3 heterocycles. The Morgan fingerprint density at radius 3 is 2.17 bits per heavy atom. The molecule has 2 aromatic carbocycles. The standard InChI is InChI=1S/C29H32O17/c1-10(31)41-9-20-23(37)24(38)26(40)28(45-20)46-27-25(39)22(36)19(8-30)44-29(27)42-12-5-15(34)21-16(35)7-17(43-18(21)6-12)11-2-3-13(32)14(33)4-11/h2-7,19-20,22-30,32-34,36-40H,8-9H2,1H3/t19-,20-,22-,23-,24+,25+,26-,27-,28+,29-/m1/s1. The molecular weight excluding hydrogens is 620 g/mol. The maximum atomic E-state index is 12.9. The van der Waals surface area contributed by atoms with Gasteiger partial charge in [-0.15, -0.1) is 0 Å². The first-order chi connectivity index (χ1) is 21.8. The Kier molecular flexibility index (Phi) is 9.68. The number of phenols is 3. The summed E-state index contributed by atoms with van der Waals surface area (Å²) in [5.41, 5.74) is -0.666. The van der Waals surface area contributed by atoms with Crippen LogP contribution in [0.25, 0.3) is 22.3 Å². The Labute approximate surface area is 258 Å². The van der Waals surface area contributed by atoms with Crippen LogP contribution in [0.3, 0.4) is 0 Å². The third-order valence-electron chi connectivity index (χ3n) is 7.53. The number of benzene rings is 2. The molecule has 46 heavy (non-hydrogen) atoms. The second-order valence-electron chi connectivity index (χ2n) is 10.7. The number of aromatic hydroxyl groups is 3. The van der Waals surface area contributed by atoms with E-state index < -0.39 is 103 Å². The number of carbonyl (C=O) groups excluding carboxylic acids is 1. The topological polar surface area (TPSA) is 276 Å². The molecule has 0 bridgehead atoms. The van der Waals surface area contributed by atoms with E-state index in [4.69, 9.17) is 28.1 Å². The van der Waals surface area contributed by atoms with Crippen LogP contribution in [-0.4, -0.2) is 127 Å². The molecule has 0 unspecified atom stereocenters. The summed E-state index contributed by atoms with van der Waals surface area (Å²) in [6.45, 7) is -0.227. The second kappa shape index (κ2) is 13.4. The molecule has 0 saturated carbocycles. The summed E-state index contributed by atoms with van der Waals surface area (Å²) in [6, 6.07) is 6.93. The van der Waals surface area contributed by atoms with Crippen LogP contribution in [0.4, 0.5) is 0 Å². The molecule has 3 aromatic rings. The fourth-order valence-corrected chi connectivity index (χ4v) is 5.08. The average Bonchev–Trinajstić information content (AvgIpc) is 3.00. The smallest absolute Gasteiger partial charge is 0.302 e. The van der Waals surface area contributed by atoms with E-state index in [1.165, 1.54) is 18.2 Å². The zero-order chi connectivity index (χ0) is 33.4. The molecule has 9 N–H and O–H groups in total. The Balaban J connectivity index is 1.46. The molecule has 17 nitrogen and oxygen atoms in total. The van der Waals surface area contributed by atoms with Crippen LogP contribution >= 0.6 is 0 Å².